The molecule has 2 atom stereocenters. The van der Waals surface area contributed by atoms with Crippen LogP contribution in [-0.2, 0) is 28.8 Å². The summed E-state index contributed by atoms with van der Waals surface area (Å²) in [5.74, 6) is -13.7. The van der Waals surface area contributed by atoms with Gasteiger partial charge in [0.25, 0.3) is 0 Å². The van der Waals surface area contributed by atoms with Crippen molar-refractivity contribution in [1.82, 2.24) is 0 Å². The molecule has 0 aromatic heterocycles. The highest BCUT2D eigenvalue weighted by Crippen LogP contribution is 2.43. The topological polar surface area (TPSA) is 281 Å². The first-order chi connectivity index (χ1) is 14.4. The summed E-state index contributed by atoms with van der Waals surface area (Å²) in [4.78, 5) is 63.6. The third-order valence-electron chi connectivity index (χ3n) is 5.09. The van der Waals surface area contributed by atoms with Gasteiger partial charge in [-0.3, -0.25) is 0 Å². The molecule has 184 valence electrons. The van der Waals surface area contributed by atoms with Crippen LogP contribution < -0.4 is 30.6 Å². The van der Waals surface area contributed by atoms with Crippen LogP contribution in [0.25, 0.3) is 0 Å². The fraction of sp³-hybridized carbons (Fsp3) is 0.667. The van der Waals surface area contributed by atoms with Crippen molar-refractivity contribution < 1.29 is 69.6 Å². The summed E-state index contributed by atoms with van der Waals surface area (Å²) in [6.45, 7) is 3.96. The van der Waals surface area contributed by atoms with Gasteiger partial charge in [-0.1, -0.05) is 20.8 Å². The van der Waals surface area contributed by atoms with Crippen LogP contribution in [0, 0.1) is 11.3 Å². The fourth-order valence-electron chi connectivity index (χ4n) is 3.22. The van der Waals surface area contributed by atoms with E-state index >= 15 is 0 Å². The minimum absolute atomic E-state index is 0.318. The summed E-state index contributed by atoms with van der Waals surface area (Å²) in [6.07, 6.45) is -3.67. The largest absolute Gasteiger partial charge is 0.550 e. The lowest BCUT2D eigenvalue weighted by atomic mass is 9.61. The predicted molar refractivity (Wildman–Crippen MR) is 86.0 cm³/mol. The Morgan fingerprint density at radius 3 is 1.22 bits per heavy atom. The molecule has 32 heavy (non-hydrogen) atoms. The van der Waals surface area contributed by atoms with E-state index in [0.717, 1.165) is 0 Å². The molecule has 14 heteroatoms. The van der Waals surface area contributed by atoms with Gasteiger partial charge in [-0.15, -0.1) is 0 Å². The molecule has 0 heterocycles. The molecule has 0 aliphatic heterocycles. The molecule has 2 unspecified atom stereocenters. The third kappa shape index (κ3) is 6.62. The van der Waals surface area contributed by atoms with Crippen LogP contribution in [0.5, 0.6) is 0 Å². The fourth-order valence-corrected chi connectivity index (χ4v) is 3.22. The van der Waals surface area contributed by atoms with Crippen LogP contribution in [0.1, 0.15) is 52.9 Å². The van der Waals surface area contributed by atoms with Crippen molar-refractivity contribution in [2.75, 3.05) is 0 Å². The van der Waals surface area contributed by atoms with Gasteiger partial charge in [0.2, 0.25) is 0 Å². The number of carboxylic acid groups (broad SMARTS) is 6. The smallest absolute Gasteiger partial charge is 0.123 e. The average Bonchev–Trinajstić information content (AvgIpc) is 2.61. The normalized spacial score (nSPS) is 14.2. The maximum Gasteiger partial charge on any atom is 0.123 e. The Morgan fingerprint density at radius 2 is 1.06 bits per heavy atom. The SMILES string of the molecule is CCC(C(=O)[O-])C(O)(C(=O)[O-])C(CC)(CC)C(=O)[O-].O=C([O-])CC(O)(CC(=O)[O-])C(=O)[O-]. The number of hydrogen-bond donors (Lipinski definition) is 2. The third-order valence-corrected chi connectivity index (χ3v) is 5.09. The molecule has 0 aliphatic carbocycles. The molecule has 0 fully saturated rings. The minimum Gasteiger partial charge on any atom is -0.550 e. The summed E-state index contributed by atoms with van der Waals surface area (Å²) in [5, 5.41) is 82.8. The first-order valence-electron chi connectivity index (χ1n) is 9.12. The molecule has 0 rings (SSSR count). The Labute approximate surface area is 181 Å². The molecule has 14 nitrogen and oxygen atoms in total. The molecule has 2 N–H and O–H groups in total. The van der Waals surface area contributed by atoms with E-state index in [4.69, 9.17) is 5.11 Å². The van der Waals surface area contributed by atoms with Gasteiger partial charge in [-0.25, -0.2) is 0 Å². The number of carbonyl (C=O) groups excluding carboxylic acids is 6. The van der Waals surface area contributed by atoms with Crippen molar-refractivity contribution in [1.29, 1.82) is 0 Å². The van der Waals surface area contributed by atoms with E-state index in [-0.39, 0.29) is 19.3 Å². The minimum atomic E-state index is -3.09. The molecular weight excluding hydrogens is 440 g/mol. The van der Waals surface area contributed by atoms with Gasteiger partial charge in [0.15, 0.2) is 0 Å². The highest BCUT2D eigenvalue weighted by Gasteiger charge is 2.55. The van der Waals surface area contributed by atoms with Crippen molar-refractivity contribution in [2.45, 2.75) is 64.1 Å². The molecule has 0 aliphatic rings. The van der Waals surface area contributed by atoms with E-state index in [0.29, 0.717) is 0 Å². The Bertz CT molecular complexity index is 722. The molecule has 0 aromatic rings. The Balaban J connectivity index is 0. The monoisotopic (exact) mass is 462 g/mol. The van der Waals surface area contributed by atoms with Gasteiger partial charge in [-0.2, -0.15) is 0 Å². The number of carbonyl (C=O) groups is 6. The van der Waals surface area contributed by atoms with Gasteiger partial charge in [0.1, 0.15) is 11.2 Å². The Kier molecular flexibility index (Phi) is 11.6. The van der Waals surface area contributed by atoms with E-state index in [9.17, 15) is 64.5 Å². The second-order valence-electron chi connectivity index (χ2n) is 6.83. The predicted octanol–water partition coefficient (Wildman–Crippen LogP) is -8.45. The zero-order valence-corrected chi connectivity index (χ0v) is 17.4. The van der Waals surface area contributed by atoms with E-state index in [1.807, 2.05) is 0 Å². The zero-order valence-electron chi connectivity index (χ0n) is 17.4. The van der Waals surface area contributed by atoms with Crippen molar-refractivity contribution in [3.63, 3.8) is 0 Å². The summed E-state index contributed by atoms with van der Waals surface area (Å²) in [7, 11) is 0. The lowest BCUT2D eigenvalue weighted by Gasteiger charge is -2.52. The lowest BCUT2D eigenvalue weighted by Crippen LogP contribution is -2.70. The Morgan fingerprint density at radius 1 is 0.688 bits per heavy atom. The molecular formula is C18H22O14-6. The second kappa shape index (κ2) is 12.0. The number of rotatable bonds is 13. The van der Waals surface area contributed by atoms with E-state index < -0.39 is 71.2 Å². The van der Waals surface area contributed by atoms with Crippen LogP contribution in [0.4, 0.5) is 0 Å². The summed E-state index contributed by atoms with van der Waals surface area (Å²) >= 11 is 0. The molecule has 0 saturated carbocycles. The van der Waals surface area contributed by atoms with Crippen LogP contribution in [-0.4, -0.2) is 57.2 Å². The summed E-state index contributed by atoms with van der Waals surface area (Å²) < 4.78 is 0. The maximum absolute atomic E-state index is 11.3. The van der Waals surface area contributed by atoms with Gasteiger partial charge in [-0.05, 0) is 19.3 Å². The van der Waals surface area contributed by atoms with E-state index in [2.05, 4.69) is 0 Å². The first kappa shape index (κ1) is 30.9. The summed E-state index contributed by atoms with van der Waals surface area (Å²) in [5.41, 5.74) is -8.33. The van der Waals surface area contributed by atoms with Crippen molar-refractivity contribution in [3.05, 3.63) is 0 Å². The van der Waals surface area contributed by atoms with Crippen molar-refractivity contribution in [3.8, 4) is 0 Å². The lowest BCUT2D eigenvalue weighted by molar-refractivity contribution is -0.364. The van der Waals surface area contributed by atoms with Gasteiger partial charge in [0.05, 0.1) is 17.9 Å². The molecule has 0 radical (unpaired) electrons. The quantitative estimate of drug-likeness (QED) is 0.257. The zero-order chi connectivity index (χ0) is 26.1. The average molecular weight is 462 g/mol. The van der Waals surface area contributed by atoms with Crippen LogP contribution in [0.2, 0.25) is 0 Å². The number of aliphatic hydroxyl groups is 2. The van der Waals surface area contributed by atoms with Gasteiger partial charge >= 0.3 is 0 Å². The Hall–Kier alpha value is -3.26. The van der Waals surface area contributed by atoms with Crippen molar-refractivity contribution >= 4 is 35.8 Å². The highest BCUT2D eigenvalue weighted by molar-refractivity contribution is 5.91. The standard InChI is InChI=1S/C12H20O7.C6H8O7/c1-4-7(8(13)14)12(19,10(17)18)11(5-2,6-3)9(15)16;7-3(8)1-6(13,5(11)12)2-4(9)10/h7,19H,4-6H2,1-3H3,(H,13,14)(H,15,16)(H,17,18);13H,1-2H2,(H,7,8)(H,9,10)(H,11,12)/p-6. The maximum atomic E-state index is 11.3. The van der Waals surface area contributed by atoms with Gasteiger partial charge in [0, 0.05) is 42.1 Å². The molecule has 0 aromatic carbocycles. The number of carboxylic acids is 6. The number of aliphatic carboxylic acids is 6. The molecule has 0 saturated heterocycles. The van der Waals surface area contributed by atoms with Crippen LogP contribution in [0.15, 0.2) is 0 Å². The first-order valence-corrected chi connectivity index (χ1v) is 9.12. The molecule has 0 amide bonds. The second-order valence-corrected chi connectivity index (χ2v) is 6.83. The van der Waals surface area contributed by atoms with Crippen LogP contribution >= 0.6 is 0 Å². The number of hydrogen-bond acceptors (Lipinski definition) is 14. The van der Waals surface area contributed by atoms with Crippen LogP contribution in [0.3, 0.4) is 0 Å². The molecule has 0 spiro atoms. The summed E-state index contributed by atoms with van der Waals surface area (Å²) in [6, 6.07) is 0. The van der Waals surface area contributed by atoms with Gasteiger partial charge < -0.3 is 69.6 Å². The van der Waals surface area contributed by atoms with Crippen molar-refractivity contribution in [2.24, 2.45) is 11.3 Å². The van der Waals surface area contributed by atoms with E-state index in [1.54, 1.807) is 0 Å². The molecule has 0 bridgehead atoms. The highest BCUT2D eigenvalue weighted by atomic mass is 16.4. The van der Waals surface area contributed by atoms with E-state index in [1.165, 1.54) is 20.8 Å².